The summed E-state index contributed by atoms with van der Waals surface area (Å²) in [6.45, 7) is 5.91. The fraction of sp³-hybridized carbons (Fsp3) is 0.500. The van der Waals surface area contributed by atoms with Gasteiger partial charge in [-0.15, -0.1) is 0 Å². The number of hydrogen-bond acceptors (Lipinski definition) is 3. The number of carbonyl (C=O) groups is 1. The summed E-state index contributed by atoms with van der Waals surface area (Å²) in [4.78, 5) is 14.1. The minimum atomic E-state index is 0.0983. The van der Waals surface area contributed by atoms with Gasteiger partial charge < -0.3 is 5.11 Å². The molecule has 0 aromatic heterocycles. The monoisotopic (exact) mass is 235 g/mol. The third-order valence-corrected chi connectivity index (χ3v) is 2.77. The van der Waals surface area contributed by atoms with E-state index in [0.29, 0.717) is 13.1 Å². The quantitative estimate of drug-likeness (QED) is 0.734. The van der Waals surface area contributed by atoms with Crippen LogP contribution in [-0.4, -0.2) is 42.0 Å². The first-order chi connectivity index (χ1) is 8.19. The number of Topliss-reactive ketones (excluding diaryl/α,β-unsaturated/α-hetero) is 1. The molecule has 0 saturated heterocycles. The van der Waals surface area contributed by atoms with Crippen molar-refractivity contribution in [2.45, 2.75) is 20.3 Å². The third-order valence-electron chi connectivity index (χ3n) is 2.77. The van der Waals surface area contributed by atoms with Gasteiger partial charge in [-0.05, 0) is 25.5 Å². The van der Waals surface area contributed by atoms with Crippen LogP contribution in [0.4, 0.5) is 0 Å². The Hall–Kier alpha value is -1.19. The lowest BCUT2D eigenvalue weighted by molar-refractivity contribution is 0.0914. The van der Waals surface area contributed by atoms with E-state index in [1.54, 1.807) is 0 Å². The molecule has 0 fully saturated rings. The zero-order valence-corrected chi connectivity index (χ0v) is 10.6. The number of ketones is 1. The van der Waals surface area contributed by atoms with Crippen LogP contribution < -0.4 is 0 Å². The van der Waals surface area contributed by atoms with Gasteiger partial charge in [0, 0.05) is 12.1 Å². The average molecular weight is 235 g/mol. The van der Waals surface area contributed by atoms with E-state index in [9.17, 15) is 4.79 Å². The van der Waals surface area contributed by atoms with E-state index in [1.165, 1.54) is 0 Å². The first-order valence-electron chi connectivity index (χ1n) is 6.11. The summed E-state index contributed by atoms with van der Waals surface area (Å²) in [7, 11) is 0. The van der Waals surface area contributed by atoms with Crippen LogP contribution in [-0.2, 0) is 0 Å². The number of rotatable bonds is 7. The van der Waals surface area contributed by atoms with Crippen LogP contribution in [0.25, 0.3) is 0 Å². The lowest BCUT2D eigenvalue weighted by atomic mass is 10.0. The van der Waals surface area contributed by atoms with Crippen molar-refractivity contribution in [3.8, 4) is 0 Å². The maximum atomic E-state index is 12.1. The largest absolute Gasteiger partial charge is 0.395 e. The summed E-state index contributed by atoms with van der Waals surface area (Å²) in [5.41, 5.74) is 1.80. The van der Waals surface area contributed by atoms with Gasteiger partial charge in [-0.1, -0.05) is 31.2 Å². The third kappa shape index (κ3) is 4.29. The second-order valence-electron chi connectivity index (χ2n) is 4.24. The topological polar surface area (TPSA) is 40.5 Å². The molecule has 0 aliphatic rings. The van der Waals surface area contributed by atoms with Gasteiger partial charge in [-0.3, -0.25) is 9.69 Å². The molecule has 0 radical (unpaired) electrons. The summed E-state index contributed by atoms with van der Waals surface area (Å²) >= 11 is 0. The molecule has 0 aliphatic heterocycles. The molecule has 0 aliphatic carbocycles. The Bertz CT molecular complexity index is 357. The second kappa shape index (κ2) is 7.20. The molecule has 0 unspecified atom stereocenters. The minimum absolute atomic E-state index is 0.0983. The molecular formula is C14H21NO2. The van der Waals surface area contributed by atoms with Crippen molar-refractivity contribution in [1.29, 1.82) is 0 Å². The van der Waals surface area contributed by atoms with Crippen molar-refractivity contribution in [3.63, 3.8) is 0 Å². The van der Waals surface area contributed by atoms with Gasteiger partial charge in [0.25, 0.3) is 0 Å². The Morgan fingerprint density at radius 3 is 2.59 bits per heavy atom. The van der Waals surface area contributed by atoms with Crippen LogP contribution in [0.2, 0.25) is 0 Å². The predicted octanol–water partition coefficient (Wildman–Crippen LogP) is 1.88. The van der Waals surface area contributed by atoms with Crippen molar-refractivity contribution in [3.05, 3.63) is 35.4 Å². The van der Waals surface area contributed by atoms with E-state index in [4.69, 9.17) is 5.11 Å². The fourth-order valence-corrected chi connectivity index (χ4v) is 1.90. The number of nitrogens with zero attached hydrogens (tertiary/aromatic N) is 1. The average Bonchev–Trinajstić information content (AvgIpc) is 2.30. The van der Waals surface area contributed by atoms with E-state index in [0.717, 1.165) is 24.1 Å². The molecule has 94 valence electrons. The van der Waals surface area contributed by atoms with Crippen molar-refractivity contribution in [2.75, 3.05) is 26.2 Å². The standard InChI is InChI=1S/C14H21NO2/c1-3-8-15(9-10-16)11-14(17)13-7-5-4-6-12(13)2/h4-7,16H,3,8-11H2,1-2H3. The van der Waals surface area contributed by atoms with Gasteiger partial charge in [-0.2, -0.15) is 0 Å². The summed E-state index contributed by atoms with van der Waals surface area (Å²) in [6, 6.07) is 7.63. The van der Waals surface area contributed by atoms with Crippen LogP contribution >= 0.6 is 0 Å². The number of aryl methyl sites for hydroxylation is 1. The fourth-order valence-electron chi connectivity index (χ4n) is 1.90. The number of benzene rings is 1. The number of aliphatic hydroxyl groups excluding tert-OH is 1. The van der Waals surface area contributed by atoms with Crippen LogP contribution in [0.3, 0.4) is 0 Å². The van der Waals surface area contributed by atoms with Gasteiger partial charge in [-0.25, -0.2) is 0 Å². The molecule has 0 bridgehead atoms. The maximum Gasteiger partial charge on any atom is 0.177 e. The highest BCUT2D eigenvalue weighted by Gasteiger charge is 2.12. The predicted molar refractivity (Wildman–Crippen MR) is 69.3 cm³/mol. The zero-order valence-electron chi connectivity index (χ0n) is 10.6. The van der Waals surface area contributed by atoms with Crippen molar-refractivity contribution < 1.29 is 9.90 Å². The molecule has 3 nitrogen and oxygen atoms in total. The van der Waals surface area contributed by atoms with Gasteiger partial charge in [0.1, 0.15) is 0 Å². The molecular weight excluding hydrogens is 214 g/mol. The van der Waals surface area contributed by atoms with Gasteiger partial charge in [0.2, 0.25) is 0 Å². The van der Waals surface area contributed by atoms with Gasteiger partial charge in [0.15, 0.2) is 5.78 Å². The molecule has 1 aromatic carbocycles. The normalized spacial score (nSPS) is 10.8. The van der Waals surface area contributed by atoms with Crippen LogP contribution in [0, 0.1) is 6.92 Å². The molecule has 1 N–H and O–H groups in total. The van der Waals surface area contributed by atoms with E-state index >= 15 is 0 Å². The van der Waals surface area contributed by atoms with Crippen LogP contribution in [0.1, 0.15) is 29.3 Å². The maximum absolute atomic E-state index is 12.1. The second-order valence-corrected chi connectivity index (χ2v) is 4.24. The molecule has 0 saturated carbocycles. The minimum Gasteiger partial charge on any atom is -0.395 e. The smallest absolute Gasteiger partial charge is 0.177 e. The zero-order chi connectivity index (χ0) is 12.7. The molecule has 1 rings (SSSR count). The van der Waals surface area contributed by atoms with Crippen molar-refractivity contribution in [1.82, 2.24) is 4.90 Å². The molecule has 0 amide bonds. The lowest BCUT2D eigenvalue weighted by Gasteiger charge is -2.19. The van der Waals surface area contributed by atoms with Crippen LogP contribution in [0.15, 0.2) is 24.3 Å². The highest BCUT2D eigenvalue weighted by molar-refractivity contribution is 5.98. The summed E-state index contributed by atoms with van der Waals surface area (Å²) < 4.78 is 0. The van der Waals surface area contributed by atoms with E-state index in [1.807, 2.05) is 36.1 Å². The Labute approximate surface area is 103 Å². The Morgan fingerprint density at radius 2 is 2.00 bits per heavy atom. The van der Waals surface area contributed by atoms with Crippen molar-refractivity contribution >= 4 is 5.78 Å². The van der Waals surface area contributed by atoms with E-state index < -0.39 is 0 Å². The SMILES string of the molecule is CCCN(CCO)CC(=O)c1ccccc1C. The lowest BCUT2D eigenvalue weighted by Crippen LogP contribution is -2.33. The summed E-state index contributed by atoms with van der Waals surface area (Å²) in [5, 5.41) is 8.95. The van der Waals surface area contributed by atoms with E-state index in [2.05, 4.69) is 6.92 Å². The Balaban J connectivity index is 2.67. The molecule has 17 heavy (non-hydrogen) atoms. The van der Waals surface area contributed by atoms with Gasteiger partial charge in [0.05, 0.1) is 13.2 Å². The number of carbonyl (C=O) groups excluding carboxylic acids is 1. The highest BCUT2D eigenvalue weighted by Crippen LogP contribution is 2.08. The summed E-state index contributed by atoms with van der Waals surface area (Å²) in [6.07, 6.45) is 0.987. The van der Waals surface area contributed by atoms with E-state index in [-0.39, 0.29) is 12.4 Å². The molecule has 3 heteroatoms. The summed E-state index contributed by atoms with van der Waals surface area (Å²) in [5.74, 6) is 0.130. The van der Waals surface area contributed by atoms with Crippen LogP contribution in [0.5, 0.6) is 0 Å². The Morgan fingerprint density at radius 1 is 1.29 bits per heavy atom. The Kier molecular flexibility index (Phi) is 5.87. The first kappa shape index (κ1) is 13.9. The molecule has 0 atom stereocenters. The first-order valence-corrected chi connectivity index (χ1v) is 6.11. The number of hydrogen-bond donors (Lipinski definition) is 1. The molecule has 0 spiro atoms. The van der Waals surface area contributed by atoms with Gasteiger partial charge >= 0.3 is 0 Å². The molecule has 1 aromatic rings. The number of aliphatic hydroxyl groups is 1. The van der Waals surface area contributed by atoms with Crippen molar-refractivity contribution in [2.24, 2.45) is 0 Å². The molecule has 0 heterocycles. The highest BCUT2D eigenvalue weighted by atomic mass is 16.3.